The van der Waals surface area contributed by atoms with Crippen LogP contribution in [0.15, 0.2) is 52.9 Å². The number of nitrogens with zero attached hydrogens (tertiary/aromatic N) is 2. The van der Waals surface area contributed by atoms with E-state index in [1.807, 2.05) is 36.4 Å². The van der Waals surface area contributed by atoms with E-state index >= 15 is 0 Å². The van der Waals surface area contributed by atoms with Crippen LogP contribution in [0.25, 0.3) is 11.1 Å². The third-order valence-electron chi connectivity index (χ3n) is 5.01. The average molecular weight is 379 g/mol. The van der Waals surface area contributed by atoms with Gasteiger partial charge in [0.25, 0.3) is 0 Å². The summed E-state index contributed by atoms with van der Waals surface area (Å²) in [6.07, 6.45) is 1.56. The second-order valence-electron chi connectivity index (χ2n) is 6.98. The summed E-state index contributed by atoms with van der Waals surface area (Å²) in [6.45, 7) is 0.878. The van der Waals surface area contributed by atoms with E-state index in [0.717, 1.165) is 11.1 Å². The minimum absolute atomic E-state index is 0.229. The fraction of sp³-hybridized carbons (Fsp3) is 0.286. The number of amides is 2. The molecule has 7 heteroatoms. The molecule has 0 aliphatic carbocycles. The van der Waals surface area contributed by atoms with Gasteiger partial charge in [0.15, 0.2) is 11.5 Å². The second kappa shape index (κ2) is 7.72. The fourth-order valence-electron chi connectivity index (χ4n) is 3.43. The molecule has 1 aliphatic rings. The number of carboxylic acids is 1. The lowest BCUT2D eigenvalue weighted by Crippen LogP contribution is -2.42. The first-order valence-electron chi connectivity index (χ1n) is 9.30. The van der Waals surface area contributed by atoms with Crippen LogP contribution in [0.2, 0.25) is 0 Å². The standard InChI is InChI=1S/C21H21N3O4/c25-20(26)15-8-10-24(11-9-15)21(27)22-16-6-7-17-18(13-16)28-19(23-17)12-14-4-2-1-3-5-14/h1-7,13,15H,8-12H2,(H,22,27)(H,25,26). The summed E-state index contributed by atoms with van der Waals surface area (Å²) in [5.74, 6) is -0.528. The molecule has 2 aromatic carbocycles. The number of rotatable bonds is 4. The maximum atomic E-state index is 12.4. The lowest BCUT2D eigenvalue weighted by Gasteiger charge is -2.30. The SMILES string of the molecule is O=C(O)C1CCN(C(=O)Nc2ccc3nc(Cc4ccccc4)oc3c2)CC1. The highest BCUT2D eigenvalue weighted by Gasteiger charge is 2.27. The van der Waals surface area contributed by atoms with Crippen molar-refractivity contribution in [1.29, 1.82) is 0 Å². The van der Waals surface area contributed by atoms with Gasteiger partial charge in [-0.15, -0.1) is 0 Å². The molecule has 0 bridgehead atoms. The van der Waals surface area contributed by atoms with Gasteiger partial charge in [0.05, 0.1) is 5.92 Å². The highest BCUT2D eigenvalue weighted by molar-refractivity contribution is 5.91. The number of carbonyl (C=O) groups is 2. The number of nitrogens with one attached hydrogen (secondary N) is 1. The predicted molar refractivity (Wildman–Crippen MR) is 104 cm³/mol. The van der Waals surface area contributed by atoms with Crippen molar-refractivity contribution in [2.24, 2.45) is 5.92 Å². The van der Waals surface area contributed by atoms with E-state index in [-0.39, 0.29) is 11.9 Å². The maximum absolute atomic E-state index is 12.4. The van der Waals surface area contributed by atoms with Crippen LogP contribution in [0.1, 0.15) is 24.3 Å². The van der Waals surface area contributed by atoms with Crippen molar-refractivity contribution in [1.82, 2.24) is 9.88 Å². The number of hydrogen-bond acceptors (Lipinski definition) is 4. The summed E-state index contributed by atoms with van der Waals surface area (Å²) in [4.78, 5) is 29.6. The predicted octanol–water partition coefficient (Wildman–Crippen LogP) is 3.75. The largest absolute Gasteiger partial charge is 0.481 e. The van der Waals surface area contributed by atoms with Crippen LogP contribution in [0, 0.1) is 5.92 Å². The minimum atomic E-state index is -0.790. The van der Waals surface area contributed by atoms with Gasteiger partial charge in [-0.1, -0.05) is 30.3 Å². The van der Waals surface area contributed by atoms with Gasteiger partial charge in [-0.25, -0.2) is 9.78 Å². The Labute approximate surface area is 162 Å². The molecule has 144 valence electrons. The molecule has 0 unspecified atom stereocenters. The Morgan fingerprint density at radius 3 is 2.61 bits per heavy atom. The fourth-order valence-corrected chi connectivity index (χ4v) is 3.43. The Morgan fingerprint density at radius 1 is 1.14 bits per heavy atom. The summed E-state index contributed by atoms with van der Waals surface area (Å²) < 4.78 is 5.84. The van der Waals surface area contributed by atoms with Crippen molar-refractivity contribution in [2.75, 3.05) is 18.4 Å². The minimum Gasteiger partial charge on any atom is -0.481 e. The molecule has 0 atom stereocenters. The van der Waals surface area contributed by atoms with E-state index in [4.69, 9.17) is 9.52 Å². The zero-order chi connectivity index (χ0) is 19.5. The Balaban J connectivity index is 1.42. The third kappa shape index (κ3) is 3.98. The van der Waals surface area contributed by atoms with Crippen molar-refractivity contribution < 1.29 is 19.1 Å². The number of carboxylic acid groups (broad SMARTS) is 1. The summed E-state index contributed by atoms with van der Waals surface area (Å²) in [6, 6.07) is 15.1. The number of fused-ring (bicyclic) bond motifs is 1. The normalized spacial score (nSPS) is 14.9. The van der Waals surface area contributed by atoms with Crippen molar-refractivity contribution in [2.45, 2.75) is 19.3 Å². The molecule has 1 aromatic heterocycles. The van der Waals surface area contributed by atoms with Crippen molar-refractivity contribution in [3.8, 4) is 0 Å². The molecule has 0 radical (unpaired) electrons. The van der Waals surface area contributed by atoms with Crippen LogP contribution < -0.4 is 5.32 Å². The zero-order valence-corrected chi connectivity index (χ0v) is 15.3. The van der Waals surface area contributed by atoms with Crippen LogP contribution in [-0.4, -0.2) is 40.1 Å². The number of carbonyl (C=O) groups excluding carboxylic acids is 1. The zero-order valence-electron chi connectivity index (χ0n) is 15.3. The van der Waals surface area contributed by atoms with Gasteiger partial charge in [0, 0.05) is 31.3 Å². The Kier molecular flexibility index (Phi) is 4.97. The molecular formula is C21H21N3O4. The van der Waals surface area contributed by atoms with Crippen LogP contribution in [0.3, 0.4) is 0 Å². The number of aliphatic carboxylic acids is 1. The first-order chi connectivity index (χ1) is 13.6. The highest BCUT2D eigenvalue weighted by Crippen LogP contribution is 2.23. The van der Waals surface area contributed by atoms with Gasteiger partial charge in [-0.3, -0.25) is 4.79 Å². The Bertz CT molecular complexity index is 991. The van der Waals surface area contributed by atoms with E-state index in [1.165, 1.54) is 0 Å². The molecule has 2 N–H and O–H groups in total. The number of oxazole rings is 1. The molecule has 1 fully saturated rings. The highest BCUT2D eigenvalue weighted by atomic mass is 16.4. The molecule has 7 nitrogen and oxygen atoms in total. The lowest BCUT2D eigenvalue weighted by atomic mass is 9.97. The number of likely N-dealkylation sites (tertiary alicyclic amines) is 1. The van der Waals surface area contributed by atoms with E-state index in [1.54, 1.807) is 17.0 Å². The number of hydrogen-bond donors (Lipinski definition) is 2. The number of urea groups is 1. The van der Waals surface area contributed by atoms with Gasteiger partial charge < -0.3 is 19.7 Å². The van der Waals surface area contributed by atoms with Crippen LogP contribution in [0.5, 0.6) is 0 Å². The van der Waals surface area contributed by atoms with E-state index in [2.05, 4.69) is 10.3 Å². The molecule has 3 aromatic rings. The van der Waals surface area contributed by atoms with Crippen LogP contribution in [-0.2, 0) is 11.2 Å². The van der Waals surface area contributed by atoms with Crippen molar-refractivity contribution >= 4 is 28.8 Å². The summed E-state index contributed by atoms with van der Waals surface area (Å²) in [5.41, 5.74) is 3.10. The molecule has 0 spiro atoms. The van der Waals surface area contributed by atoms with E-state index in [9.17, 15) is 9.59 Å². The van der Waals surface area contributed by atoms with Crippen LogP contribution in [0.4, 0.5) is 10.5 Å². The third-order valence-corrected chi connectivity index (χ3v) is 5.01. The maximum Gasteiger partial charge on any atom is 0.321 e. The molecule has 1 saturated heterocycles. The number of piperidine rings is 1. The van der Waals surface area contributed by atoms with Gasteiger partial charge in [0.1, 0.15) is 5.52 Å². The molecule has 2 amide bonds. The Hall–Kier alpha value is -3.35. The first kappa shape index (κ1) is 18.0. The summed E-state index contributed by atoms with van der Waals surface area (Å²) in [5, 5.41) is 11.9. The molecule has 1 aliphatic heterocycles. The van der Waals surface area contributed by atoms with Crippen LogP contribution >= 0.6 is 0 Å². The quantitative estimate of drug-likeness (QED) is 0.720. The Morgan fingerprint density at radius 2 is 1.89 bits per heavy atom. The smallest absolute Gasteiger partial charge is 0.321 e. The summed E-state index contributed by atoms with van der Waals surface area (Å²) >= 11 is 0. The van der Waals surface area contributed by atoms with E-state index < -0.39 is 5.97 Å². The summed E-state index contributed by atoms with van der Waals surface area (Å²) in [7, 11) is 0. The topological polar surface area (TPSA) is 95.7 Å². The van der Waals surface area contributed by atoms with Gasteiger partial charge >= 0.3 is 12.0 Å². The van der Waals surface area contributed by atoms with Crippen molar-refractivity contribution in [3.63, 3.8) is 0 Å². The number of anilines is 1. The van der Waals surface area contributed by atoms with Gasteiger partial charge in [-0.05, 0) is 30.5 Å². The average Bonchev–Trinajstić information content (AvgIpc) is 3.10. The number of aromatic nitrogens is 1. The molecular weight excluding hydrogens is 358 g/mol. The second-order valence-corrected chi connectivity index (χ2v) is 6.98. The molecule has 2 heterocycles. The molecule has 4 rings (SSSR count). The lowest BCUT2D eigenvalue weighted by molar-refractivity contribution is -0.143. The molecule has 0 saturated carbocycles. The first-order valence-corrected chi connectivity index (χ1v) is 9.30. The van der Waals surface area contributed by atoms with Crippen molar-refractivity contribution in [3.05, 3.63) is 60.0 Å². The number of benzene rings is 2. The van der Waals surface area contributed by atoms with Gasteiger partial charge in [-0.2, -0.15) is 0 Å². The van der Waals surface area contributed by atoms with Gasteiger partial charge in [0.2, 0.25) is 0 Å². The van der Waals surface area contributed by atoms with E-state index in [0.29, 0.717) is 49.5 Å². The monoisotopic (exact) mass is 379 g/mol. The molecule has 28 heavy (non-hydrogen) atoms.